The van der Waals surface area contributed by atoms with Crippen LogP contribution in [0.15, 0.2) is 62.5 Å². The smallest absolute Gasteiger partial charge is 0.337 e. The van der Waals surface area contributed by atoms with E-state index in [4.69, 9.17) is 0 Å². The average molecular weight is 485 g/mol. The predicted octanol–water partition coefficient (Wildman–Crippen LogP) is 3.48. The first-order chi connectivity index (χ1) is 15.9. The Bertz CT molecular complexity index is 1420. The molecule has 0 aliphatic heterocycles. The van der Waals surface area contributed by atoms with Crippen molar-refractivity contribution in [2.75, 3.05) is 5.75 Å². The summed E-state index contributed by atoms with van der Waals surface area (Å²) in [4.78, 5) is 43.7. The maximum absolute atomic E-state index is 13.4. The zero-order chi connectivity index (χ0) is 23.5. The number of nitrogens with one attached hydrogen (secondary N) is 1. The molecule has 2 aromatic carbocycles. The van der Waals surface area contributed by atoms with Crippen molar-refractivity contribution < 1.29 is 9.18 Å². The lowest BCUT2D eigenvalue weighted by Crippen LogP contribution is -2.41. The number of hydrogen-bond acceptors (Lipinski definition) is 6. The van der Waals surface area contributed by atoms with E-state index in [1.54, 1.807) is 24.3 Å². The normalized spacial score (nSPS) is 11.1. The predicted molar refractivity (Wildman–Crippen MR) is 129 cm³/mol. The molecular weight excluding hydrogens is 463 g/mol. The van der Waals surface area contributed by atoms with Crippen LogP contribution in [0.1, 0.15) is 18.1 Å². The van der Waals surface area contributed by atoms with E-state index in [0.717, 1.165) is 21.4 Å². The number of benzene rings is 2. The number of thioether (sulfide) groups is 1. The van der Waals surface area contributed by atoms with E-state index < -0.39 is 17.2 Å². The Kier molecular flexibility index (Phi) is 6.75. The second-order valence-corrected chi connectivity index (χ2v) is 9.82. The molecule has 4 rings (SSSR count). The van der Waals surface area contributed by atoms with Crippen LogP contribution in [0.5, 0.6) is 0 Å². The van der Waals surface area contributed by atoms with E-state index in [1.807, 2.05) is 26.0 Å². The standard InChI is InChI=1S/C23H21FN4O3S2/c1-3-32-22-26-20-19(33-22)21(30)28(17-10-4-14(2)5-11-17)23(31)27(20)13-18(29)25-12-15-6-8-16(24)9-7-15/h4-11H,3,12-13H2,1-2H3,(H,25,29). The minimum absolute atomic E-state index is 0.183. The molecule has 0 atom stereocenters. The summed E-state index contributed by atoms with van der Waals surface area (Å²) in [7, 11) is 0. The first kappa shape index (κ1) is 22.9. The molecule has 1 amide bonds. The van der Waals surface area contributed by atoms with Gasteiger partial charge in [-0.2, -0.15) is 0 Å². The van der Waals surface area contributed by atoms with Crippen LogP contribution in [0.2, 0.25) is 0 Å². The van der Waals surface area contributed by atoms with Crippen LogP contribution < -0.4 is 16.6 Å². The lowest BCUT2D eigenvalue weighted by molar-refractivity contribution is -0.121. The zero-order valence-electron chi connectivity index (χ0n) is 18.0. The van der Waals surface area contributed by atoms with Crippen molar-refractivity contribution in [2.24, 2.45) is 0 Å². The van der Waals surface area contributed by atoms with Crippen molar-refractivity contribution in [2.45, 2.75) is 31.3 Å². The van der Waals surface area contributed by atoms with Gasteiger partial charge in [0, 0.05) is 6.54 Å². The molecule has 1 N–H and O–H groups in total. The highest BCUT2D eigenvalue weighted by atomic mass is 32.2. The summed E-state index contributed by atoms with van der Waals surface area (Å²) >= 11 is 2.68. The van der Waals surface area contributed by atoms with Gasteiger partial charge in [0.2, 0.25) is 5.91 Å². The fourth-order valence-corrected chi connectivity index (χ4v) is 5.24. The fourth-order valence-electron chi connectivity index (χ4n) is 3.27. The number of carbonyl (C=O) groups excluding carboxylic acids is 1. The lowest BCUT2D eigenvalue weighted by atomic mass is 10.2. The van der Waals surface area contributed by atoms with Crippen molar-refractivity contribution in [3.05, 3.63) is 86.3 Å². The van der Waals surface area contributed by atoms with Gasteiger partial charge in [0.25, 0.3) is 5.56 Å². The Morgan fingerprint density at radius 1 is 1.12 bits per heavy atom. The van der Waals surface area contributed by atoms with E-state index in [-0.39, 0.29) is 24.6 Å². The number of nitrogens with zero attached hydrogens (tertiary/aromatic N) is 3. The lowest BCUT2D eigenvalue weighted by Gasteiger charge is -2.12. The van der Waals surface area contributed by atoms with Crippen LogP contribution in [-0.2, 0) is 17.9 Å². The van der Waals surface area contributed by atoms with E-state index in [1.165, 1.54) is 39.8 Å². The Hall–Kier alpha value is -3.24. The minimum Gasteiger partial charge on any atom is -0.350 e. The fraction of sp³-hybridized carbons (Fsp3) is 0.217. The van der Waals surface area contributed by atoms with Gasteiger partial charge in [-0.1, -0.05) is 48.5 Å². The van der Waals surface area contributed by atoms with Gasteiger partial charge in [-0.3, -0.25) is 14.2 Å². The highest BCUT2D eigenvalue weighted by Gasteiger charge is 2.20. The number of thiazole rings is 1. The van der Waals surface area contributed by atoms with Crippen molar-refractivity contribution in [1.82, 2.24) is 19.4 Å². The van der Waals surface area contributed by atoms with E-state index in [9.17, 15) is 18.8 Å². The molecule has 4 aromatic rings. The van der Waals surface area contributed by atoms with Crippen LogP contribution in [0, 0.1) is 12.7 Å². The van der Waals surface area contributed by atoms with Gasteiger partial charge in [0.15, 0.2) is 9.99 Å². The molecule has 0 bridgehead atoms. The number of aromatic nitrogens is 3. The second-order valence-electron chi connectivity index (χ2n) is 7.31. The summed E-state index contributed by atoms with van der Waals surface area (Å²) < 4.78 is 16.4. The third kappa shape index (κ3) is 4.91. The highest BCUT2D eigenvalue weighted by molar-refractivity contribution is 8.01. The van der Waals surface area contributed by atoms with Crippen LogP contribution in [0.25, 0.3) is 16.0 Å². The number of amides is 1. The second kappa shape index (κ2) is 9.72. The molecule has 2 heterocycles. The quantitative estimate of drug-likeness (QED) is 0.406. The summed E-state index contributed by atoms with van der Waals surface area (Å²) in [6.07, 6.45) is 0. The molecular formula is C23H21FN4O3S2. The van der Waals surface area contributed by atoms with Crippen molar-refractivity contribution >= 4 is 39.4 Å². The highest BCUT2D eigenvalue weighted by Crippen LogP contribution is 2.27. The number of hydrogen-bond donors (Lipinski definition) is 1. The van der Waals surface area contributed by atoms with Gasteiger partial charge in [-0.25, -0.2) is 18.7 Å². The third-order valence-electron chi connectivity index (χ3n) is 4.93. The first-order valence-electron chi connectivity index (χ1n) is 10.2. The molecule has 0 saturated heterocycles. The summed E-state index contributed by atoms with van der Waals surface area (Å²) in [5.41, 5.74) is 1.26. The number of fused-ring (bicyclic) bond motifs is 1. The van der Waals surface area contributed by atoms with Gasteiger partial charge in [0.05, 0.1) is 5.69 Å². The molecule has 0 spiro atoms. The van der Waals surface area contributed by atoms with Gasteiger partial charge < -0.3 is 5.32 Å². The van der Waals surface area contributed by atoms with Crippen LogP contribution in [0.3, 0.4) is 0 Å². The molecule has 0 saturated carbocycles. The van der Waals surface area contributed by atoms with Gasteiger partial charge in [0.1, 0.15) is 17.1 Å². The number of carbonyl (C=O) groups is 1. The van der Waals surface area contributed by atoms with E-state index in [2.05, 4.69) is 10.3 Å². The average Bonchev–Trinajstić information content (AvgIpc) is 3.22. The number of halogens is 1. The van der Waals surface area contributed by atoms with Crippen molar-refractivity contribution in [1.29, 1.82) is 0 Å². The van der Waals surface area contributed by atoms with Crippen molar-refractivity contribution in [3.8, 4) is 5.69 Å². The molecule has 0 aliphatic rings. The summed E-state index contributed by atoms with van der Waals surface area (Å²) in [5.74, 6) is -0.0230. The summed E-state index contributed by atoms with van der Waals surface area (Å²) in [5, 5.41) is 2.73. The van der Waals surface area contributed by atoms with Gasteiger partial charge in [-0.15, -0.1) is 11.3 Å². The van der Waals surface area contributed by atoms with Crippen LogP contribution in [-0.4, -0.2) is 25.8 Å². The Morgan fingerprint density at radius 2 is 1.82 bits per heavy atom. The molecule has 10 heteroatoms. The SMILES string of the molecule is CCSc1nc2c(s1)c(=O)n(-c1ccc(C)cc1)c(=O)n2CC(=O)NCc1ccc(F)cc1. The molecule has 0 radical (unpaired) electrons. The molecule has 0 fully saturated rings. The van der Waals surface area contributed by atoms with E-state index in [0.29, 0.717) is 14.7 Å². The third-order valence-corrected chi connectivity index (χ3v) is 6.99. The molecule has 0 aliphatic carbocycles. The van der Waals surface area contributed by atoms with Crippen LogP contribution in [0.4, 0.5) is 4.39 Å². The zero-order valence-corrected chi connectivity index (χ0v) is 19.6. The largest absolute Gasteiger partial charge is 0.350 e. The number of rotatable bonds is 7. The Balaban J connectivity index is 1.74. The molecule has 0 unspecified atom stereocenters. The monoisotopic (exact) mass is 484 g/mol. The van der Waals surface area contributed by atoms with Gasteiger partial charge >= 0.3 is 5.69 Å². The minimum atomic E-state index is -0.633. The maximum atomic E-state index is 13.4. The molecule has 170 valence electrons. The maximum Gasteiger partial charge on any atom is 0.337 e. The molecule has 2 aromatic heterocycles. The van der Waals surface area contributed by atoms with Crippen molar-refractivity contribution in [3.63, 3.8) is 0 Å². The van der Waals surface area contributed by atoms with E-state index >= 15 is 0 Å². The topological polar surface area (TPSA) is 86.0 Å². The number of aryl methyl sites for hydroxylation is 1. The molecule has 33 heavy (non-hydrogen) atoms. The summed E-state index contributed by atoms with van der Waals surface area (Å²) in [6, 6.07) is 12.8. The van der Waals surface area contributed by atoms with Gasteiger partial charge in [-0.05, 0) is 42.5 Å². The molecule has 7 nitrogen and oxygen atoms in total. The summed E-state index contributed by atoms with van der Waals surface area (Å²) in [6.45, 7) is 3.76. The Morgan fingerprint density at radius 3 is 2.48 bits per heavy atom. The first-order valence-corrected chi connectivity index (χ1v) is 12.0. The van der Waals surface area contributed by atoms with Crippen LogP contribution >= 0.6 is 23.1 Å². The Labute approximate surface area is 196 Å².